The van der Waals surface area contributed by atoms with Crippen molar-refractivity contribution in [1.82, 2.24) is 0 Å². The Morgan fingerprint density at radius 3 is 2.74 bits per heavy atom. The lowest BCUT2D eigenvalue weighted by atomic mass is 10.2. The van der Waals surface area contributed by atoms with Gasteiger partial charge in [-0.3, -0.25) is 0 Å². The first-order valence-electron chi connectivity index (χ1n) is 5.57. The number of hydrogen-bond acceptors (Lipinski definition) is 2. The first-order chi connectivity index (χ1) is 9.06. The molecule has 0 bridgehead atoms. The topological polar surface area (TPSA) is 49.3 Å². The van der Waals surface area contributed by atoms with Crippen LogP contribution in [-0.2, 0) is 6.54 Å². The molecule has 0 saturated carbocycles. The largest absolute Gasteiger partial charge is 0.478 e. The molecule has 0 amide bonds. The van der Waals surface area contributed by atoms with E-state index < -0.39 is 11.8 Å². The quantitative estimate of drug-likeness (QED) is 0.895. The monoisotopic (exact) mass is 279 g/mol. The van der Waals surface area contributed by atoms with Crippen molar-refractivity contribution in [2.24, 2.45) is 0 Å². The number of nitrogens with one attached hydrogen (secondary N) is 1. The molecule has 19 heavy (non-hydrogen) atoms. The third-order valence-electron chi connectivity index (χ3n) is 2.59. The number of aromatic carboxylic acids is 1. The van der Waals surface area contributed by atoms with Gasteiger partial charge in [-0.05, 0) is 35.9 Å². The number of rotatable bonds is 4. The Morgan fingerprint density at radius 2 is 2.05 bits per heavy atom. The Hall–Kier alpha value is -2.07. The van der Waals surface area contributed by atoms with Gasteiger partial charge in [0.1, 0.15) is 5.82 Å². The van der Waals surface area contributed by atoms with Gasteiger partial charge in [0, 0.05) is 12.2 Å². The van der Waals surface area contributed by atoms with E-state index in [0.29, 0.717) is 12.2 Å². The second-order valence-electron chi connectivity index (χ2n) is 3.99. The normalized spacial score (nSPS) is 10.2. The summed E-state index contributed by atoms with van der Waals surface area (Å²) in [6.45, 7) is 0.386. The van der Waals surface area contributed by atoms with Crippen molar-refractivity contribution in [2.45, 2.75) is 6.54 Å². The number of benzene rings is 2. The summed E-state index contributed by atoms with van der Waals surface area (Å²) in [6.07, 6.45) is 0. The van der Waals surface area contributed by atoms with E-state index in [1.54, 1.807) is 18.2 Å². The van der Waals surface area contributed by atoms with Crippen LogP contribution in [0.1, 0.15) is 15.9 Å². The second kappa shape index (κ2) is 5.71. The third-order valence-corrected chi connectivity index (χ3v) is 2.90. The molecular weight excluding hydrogens is 269 g/mol. The summed E-state index contributed by atoms with van der Waals surface area (Å²) < 4.78 is 13.2. The van der Waals surface area contributed by atoms with Crippen molar-refractivity contribution < 1.29 is 14.3 Å². The maximum absolute atomic E-state index is 13.2. The minimum absolute atomic E-state index is 0.0802. The Morgan fingerprint density at radius 1 is 1.26 bits per heavy atom. The van der Waals surface area contributed by atoms with Gasteiger partial charge in [-0.1, -0.05) is 23.7 Å². The fourth-order valence-electron chi connectivity index (χ4n) is 1.62. The van der Waals surface area contributed by atoms with Crippen LogP contribution < -0.4 is 5.32 Å². The molecule has 0 saturated heterocycles. The fourth-order valence-corrected chi connectivity index (χ4v) is 1.73. The van der Waals surface area contributed by atoms with Crippen LogP contribution in [0.3, 0.4) is 0 Å². The van der Waals surface area contributed by atoms with Crippen LogP contribution in [0.15, 0.2) is 42.5 Å². The van der Waals surface area contributed by atoms with Gasteiger partial charge in [-0.15, -0.1) is 0 Å². The maximum atomic E-state index is 13.2. The highest BCUT2D eigenvalue weighted by Gasteiger charge is 2.04. The van der Waals surface area contributed by atoms with Crippen molar-refractivity contribution in [3.05, 3.63) is 64.4 Å². The number of carbonyl (C=O) groups is 1. The summed E-state index contributed by atoms with van der Waals surface area (Å²) in [7, 11) is 0. The molecule has 0 fully saturated rings. The Balaban J connectivity index is 2.07. The molecule has 3 nitrogen and oxygen atoms in total. The molecule has 5 heteroatoms. The summed E-state index contributed by atoms with van der Waals surface area (Å²) >= 11 is 5.59. The van der Waals surface area contributed by atoms with Crippen LogP contribution in [0.5, 0.6) is 0 Å². The molecule has 2 aromatic carbocycles. The Kier molecular flexibility index (Phi) is 4.02. The number of hydrogen-bond donors (Lipinski definition) is 2. The summed E-state index contributed by atoms with van der Waals surface area (Å²) in [4.78, 5) is 10.8. The van der Waals surface area contributed by atoms with E-state index in [1.165, 1.54) is 24.3 Å². The van der Waals surface area contributed by atoms with Gasteiger partial charge in [0.2, 0.25) is 0 Å². The van der Waals surface area contributed by atoms with E-state index in [2.05, 4.69) is 5.32 Å². The van der Waals surface area contributed by atoms with Crippen LogP contribution in [0.4, 0.5) is 10.1 Å². The fraction of sp³-hybridized carbons (Fsp3) is 0.0714. The van der Waals surface area contributed by atoms with Crippen molar-refractivity contribution in [1.29, 1.82) is 0 Å². The van der Waals surface area contributed by atoms with Crippen LogP contribution in [0, 0.1) is 5.82 Å². The molecule has 0 aliphatic heterocycles. The van der Waals surface area contributed by atoms with Gasteiger partial charge < -0.3 is 10.4 Å². The lowest BCUT2D eigenvalue weighted by molar-refractivity contribution is 0.0697. The van der Waals surface area contributed by atoms with Gasteiger partial charge >= 0.3 is 5.97 Å². The average Bonchev–Trinajstić information content (AvgIpc) is 2.40. The summed E-state index contributed by atoms with van der Waals surface area (Å²) in [5.41, 5.74) is 1.59. The molecule has 2 N–H and O–H groups in total. The summed E-state index contributed by atoms with van der Waals surface area (Å²) in [5.74, 6) is -1.46. The minimum atomic E-state index is -0.985. The van der Waals surface area contributed by atoms with E-state index in [0.717, 1.165) is 5.56 Å². The van der Waals surface area contributed by atoms with E-state index in [9.17, 15) is 9.18 Å². The van der Waals surface area contributed by atoms with Crippen molar-refractivity contribution >= 4 is 23.3 Å². The molecule has 0 aliphatic carbocycles. The first kappa shape index (κ1) is 13.4. The van der Waals surface area contributed by atoms with E-state index >= 15 is 0 Å². The molecule has 0 radical (unpaired) electrons. The lowest BCUT2D eigenvalue weighted by Crippen LogP contribution is -2.02. The second-order valence-corrected chi connectivity index (χ2v) is 4.40. The Bertz CT molecular complexity index is 616. The van der Waals surface area contributed by atoms with E-state index in [4.69, 9.17) is 16.7 Å². The van der Waals surface area contributed by atoms with Gasteiger partial charge in [-0.25, -0.2) is 9.18 Å². The molecule has 98 valence electrons. The van der Waals surface area contributed by atoms with Crippen molar-refractivity contribution in [3.8, 4) is 0 Å². The van der Waals surface area contributed by atoms with Crippen LogP contribution in [0.2, 0.25) is 5.02 Å². The molecule has 2 rings (SSSR count). The van der Waals surface area contributed by atoms with E-state index in [-0.39, 0.29) is 10.6 Å². The van der Waals surface area contributed by atoms with E-state index in [1.807, 2.05) is 0 Å². The zero-order valence-corrected chi connectivity index (χ0v) is 10.6. The number of carboxylic acids is 1. The Labute approximate surface area is 114 Å². The van der Waals surface area contributed by atoms with Crippen molar-refractivity contribution in [2.75, 3.05) is 5.32 Å². The molecule has 0 aliphatic rings. The zero-order valence-electron chi connectivity index (χ0n) is 9.86. The lowest BCUT2D eigenvalue weighted by Gasteiger charge is -2.07. The zero-order chi connectivity index (χ0) is 13.8. The van der Waals surface area contributed by atoms with Gasteiger partial charge in [0.15, 0.2) is 0 Å². The first-order valence-corrected chi connectivity index (χ1v) is 5.95. The van der Waals surface area contributed by atoms with Crippen LogP contribution in [0.25, 0.3) is 0 Å². The predicted molar refractivity (Wildman–Crippen MR) is 72.1 cm³/mol. The average molecular weight is 280 g/mol. The molecule has 0 spiro atoms. The number of halogens is 2. The number of anilines is 1. The van der Waals surface area contributed by atoms with Crippen LogP contribution >= 0.6 is 11.6 Å². The maximum Gasteiger partial charge on any atom is 0.335 e. The molecule has 0 unspecified atom stereocenters. The van der Waals surface area contributed by atoms with Gasteiger partial charge in [0.05, 0.1) is 10.6 Å². The molecule has 2 aromatic rings. The predicted octanol–water partition coefficient (Wildman–Crippen LogP) is 3.79. The van der Waals surface area contributed by atoms with Crippen molar-refractivity contribution in [3.63, 3.8) is 0 Å². The highest BCUT2D eigenvalue weighted by molar-refractivity contribution is 6.30. The third kappa shape index (κ3) is 3.45. The molecular formula is C14H11ClFNO2. The highest BCUT2D eigenvalue weighted by atomic mass is 35.5. The highest BCUT2D eigenvalue weighted by Crippen LogP contribution is 2.17. The van der Waals surface area contributed by atoms with Gasteiger partial charge in [-0.2, -0.15) is 0 Å². The minimum Gasteiger partial charge on any atom is -0.478 e. The summed E-state index contributed by atoms with van der Waals surface area (Å²) in [6, 6.07) is 11.0. The molecule has 0 atom stereocenters. The summed E-state index contributed by atoms with van der Waals surface area (Å²) in [5, 5.41) is 12.0. The smallest absolute Gasteiger partial charge is 0.335 e. The van der Waals surface area contributed by atoms with Crippen LogP contribution in [-0.4, -0.2) is 11.1 Å². The molecule has 0 aromatic heterocycles. The standard InChI is InChI=1S/C14H11ClFNO2/c15-12-5-4-9(6-13(12)16)8-17-11-3-1-2-10(7-11)14(18)19/h1-7,17H,8H2,(H,18,19). The SMILES string of the molecule is O=C(O)c1cccc(NCc2ccc(Cl)c(F)c2)c1. The molecule has 0 heterocycles. The van der Waals surface area contributed by atoms with Gasteiger partial charge in [0.25, 0.3) is 0 Å². The number of carboxylic acid groups (broad SMARTS) is 1.